The van der Waals surface area contributed by atoms with Gasteiger partial charge in [0.25, 0.3) is 0 Å². The second kappa shape index (κ2) is 3.14. The van der Waals surface area contributed by atoms with Crippen LogP contribution in [0.5, 0.6) is 0 Å². The molecule has 0 aromatic carbocycles. The van der Waals surface area contributed by atoms with E-state index in [-0.39, 0.29) is 1.43 Å². The molecule has 0 saturated heterocycles. The number of pyridine rings is 1. The van der Waals surface area contributed by atoms with Gasteiger partial charge in [0.15, 0.2) is 0 Å². The lowest BCUT2D eigenvalue weighted by molar-refractivity contribution is 1.12. The monoisotopic (exact) mass is 151 g/mol. The van der Waals surface area contributed by atoms with Crippen LogP contribution in [0.25, 0.3) is 0 Å². The second-order valence-corrected chi connectivity index (χ2v) is 2.27. The fraction of sp³-hybridized carbons (Fsp3) is 0.250. The van der Waals surface area contributed by atoms with Gasteiger partial charge >= 0.3 is 0 Å². The van der Waals surface area contributed by atoms with Gasteiger partial charge < -0.3 is 11.1 Å². The molecule has 0 amide bonds. The van der Waals surface area contributed by atoms with Crippen molar-refractivity contribution in [3.05, 3.63) is 23.5 Å². The molecule has 0 aliphatic carbocycles. The molecule has 11 heavy (non-hydrogen) atoms. The third-order valence-corrected chi connectivity index (χ3v) is 1.63. The largest absolute Gasteiger partial charge is 0.397 e. The smallest absolute Gasteiger partial charge is 0.104 e. The first-order chi connectivity index (χ1) is 5.29. The topological polar surface area (TPSA) is 62.8 Å². The molecule has 1 aromatic heterocycles. The van der Waals surface area contributed by atoms with Crippen LogP contribution in [0.3, 0.4) is 0 Å². The number of nitrogens with zero attached hydrogens (tertiary/aromatic N) is 1. The summed E-state index contributed by atoms with van der Waals surface area (Å²) in [5.74, 6) is 0. The van der Waals surface area contributed by atoms with Gasteiger partial charge in [0.1, 0.15) is 5.69 Å². The molecule has 3 heteroatoms. The van der Waals surface area contributed by atoms with Crippen molar-refractivity contribution in [3.8, 4) is 0 Å². The van der Waals surface area contributed by atoms with Crippen LogP contribution in [-0.2, 0) is 6.42 Å². The van der Waals surface area contributed by atoms with Gasteiger partial charge in [0, 0.05) is 13.8 Å². The molecule has 3 nitrogen and oxygen atoms in total. The van der Waals surface area contributed by atoms with Gasteiger partial charge in [0.2, 0.25) is 0 Å². The molecule has 0 aliphatic rings. The van der Waals surface area contributed by atoms with Crippen molar-refractivity contribution in [1.29, 1.82) is 5.41 Å². The van der Waals surface area contributed by atoms with Crippen LogP contribution in [-0.4, -0.2) is 11.2 Å². The minimum absolute atomic E-state index is 0. The van der Waals surface area contributed by atoms with E-state index in [1.165, 1.54) is 6.21 Å². The standard InChI is InChI=1S/C8H11N3.H2/c1-2-6-3-4-11-7(5-9)8(6)10;/h3-5,9H,2,10H2,1H3;1H. The highest BCUT2D eigenvalue weighted by Crippen LogP contribution is 2.13. The predicted molar refractivity (Wildman–Crippen MR) is 48.0 cm³/mol. The van der Waals surface area contributed by atoms with Gasteiger partial charge in [-0.1, -0.05) is 6.92 Å². The lowest BCUT2D eigenvalue weighted by atomic mass is 10.1. The molecule has 0 radical (unpaired) electrons. The average Bonchev–Trinajstić information content (AvgIpc) is 2.05. The molecular weight excluding hydrogens is 138 g/mol. The van der Waals surface area contributed by atoms with Gasteiger partial charge in [-0.3, -0.25) is 4.98 Å². The molecule has 3 N–H and O–H groups in total. The Balaban J connectivity index is 0.00000121. The third kappa shape index (κ3) is 1.37. The Morgan fingerprint density at radius 2 is 2.55 bits per heavy atom. The van der Waals surface area contributed by atoms with E-state index in [1.807, 2.05) is 13.0 Å². The lowest BCUT2D eigenvalue weighted by Crippen LogP contribution is -2.00. The Labute approximate surface area is 67.3 Å². The predicted octanol–water partition coefficient (Wildman–Crippen LogP) is 1.47. The summed E-state index contributed by atoms with van der Waals surface area (Å²) < 4.78 is 0. The number of nitrogens with one attached hydrogen (secondary N) is 1. The molecule has 0 spiro atoms. The quantitative estimate of drug-likeness (QED) is 0.629. The number of aromatic nitrogens is 1. The number of rotatable bonds is 2. The van der Waals surface area contributed by atoms with Crippen molar-refractivity contribution >= 4 is 11.9 Å². The first kappa shape index (κ1) is 7.72. The molecule has 0 fully saturated rings. The molecule has 0 bridgehead atoms. The van der Waals surface area contributed by atoms with Crippen molar-refractivity contribution in [2.24, 2.45) is 0 Å². The van der Waals surface area contributed by atoms with E-state index in [2.05, 4.69) is 4.98 Å². The van der Waals surface area contributed by atoms with Crippen LogP contribution in [0.1, 0.15) is 19.6 Å². The normalized spacial score (nSPS) is 9.55. The Kier molecular flexibility index (Phi) is 2.21. The van der Waals surface area contributed by atoms with Crippen LogP contribution in [0.15, 0.2) is 12.3 Å². The molecule has 0 unspecified atom stereocenters. The lowest BCUT2D eigenvalue weighted by Gasteiger charge is -2.03. The van der Waals surface area contributed by atoms with E-state index in [0.717, 1.165) is 12.0 Å². The SMILES string of the molecule is CCc1ccnc(C=N)c1N.[HH]. The number of nitrogens with two attached hydrogens (primary N) is 1. The average molecular weight is 151 g/mol. The van der Waals surface area contributed by atoms with Crippen molar-refractivity contribution in [2.45, 2.75) is 13.3 Å². The molecular formula is C8H13N3. The molecule has 1 rings (SSSR count). The summed E-state index contributed by atoms with van der Waals surface area (Å²) in [7, 11) is 0. The maximum atomic E-state index is 6.99. The summed E-state index contributed by atoms with van der Waals surface area (Å²) in [4.78, 5) is 3.94. The van der Waals surface area contributed by atoms with Crippen molar-refractivity contribution < 1.29 is 1.43 Å². The summed E-state index contributed by atoms with van der Waals surface area (Å²) >= 11 is 0. The molecule has 1 aromatic rings. The third-order valence-electron chi connectivity index (χ3n) is 1.63. The van der Waals surface area contributed by atoms with Crippen LogP contribution in [0.4, 0.5) is 5.69 Å². The van der Waals surface area contributed by atoms with Crippen molar-refractivity contribution in [3.63, 3.8) is 0 Å². The number of aryl methyl sites for hydroxylation is 1. The van der Waals surface area contributed by atoms with E-state index in [9.17, 15) is 0 Å². The van der Waals surface area contributed by atoms with Crippen LogP contribution in [0.2, 0.25) is 0 Å². The van der Waals surface area contributed by atoms with Crippen molar-refractivity contribution in [1.82, 2.24) is 4.98 Å². The van der Waals surface area contributed by atoms with Gasteiger partial charge in [-0.15, -0.1) is 0 Å². The maximum absolute atomic E-state index is 6.99. The first-order valence-electron chi connectivity index (χ1n) is 3.53. The number of hydrogen-bond donors (Lipinski definition) is 2. The Hall–Kier alpha value is -1.38. The van der Waals surface area contributed by atoms with Gasteiger partial charge in [-0.05, 0) is 18.1 Å². The Morgan fingerprint density at radius 1 is 1.82 bits per heavy atom. The van der Waals surface area contributed by atoms with Crippen LogP contribution >= 0.6 is 0 Å². The highest BCUT2D eigenvalue weighted by Gasteiger charge is 2.00. The highest BCUT2D eigenvalue weighted by atomic mass is 14.7. The van der Waals surface area contributed by atoms with E-state index < -0.39 is 0 Å². The van der Waals surface area contributed by atoms with Crippen molar-refractivity contribution in [2.75, 3.05) is 5.73 Å². The van der Waals surface area contributed by atoms with E-state index >= 15 is 0 Å². The summed E-state index contributed by atoms with van der Waals surface area (Å²) in [6.45, 7) is 2.03. The fourth-order valence-corrected chi connectivity index (χ4v) is 0.955. The summed E-state index contributed by atoms with van der Waals surface area (Å²) in [6.07, 6.45) is 3.74. The number of anilines is 1. The minimum Gasteiger partial charge on any atom is -0.397 e. The molecule has 1 heterocycles. The van der Waals surface area contributed by atoms with E-state index in [4.69, 9.17) is 11.1 Å². The zero-order valence-electron chi connectivity index (χ0n) is 6.46. The number of nitrogen functional groups attached to an aromatic ring is 1. The fourth-order valence-electron chi connectivity index (χ4n) is 0.955. The number of hydrogen-bond acceptors (Lipinski definition) is 3. The second-order valence-electron chi connectivity index (χ2n) is 2.27. The molecule has 60 valence electrons. The molecule has 0 saturated carbocycles. The van der Waals surface area contributed by atoms with Crippen LogP contribution in [0, 0.1) is 5.41 Å². The first-order valence-corrected chi connectivity index (χ1v) is 3.53. The summed E-state index contributed by atoms with van der Waals surface area (Å²) in [5, 5.41) is 6.99. The zero-order valence-corrected chi connectivity index (χ0v) is 6.46. The summed E-state index contributed by atoms with van der Waals surface area (Å²) in [6, 6.07) is 1.88. The Bertz CT molecular complexity index is 273. The highest BCUT2D eigenvalue weighted by molar-refractivity contribution is 5.83. The molecule has 0 aliphatic heterocycles. The maximum Gasteiger partial charge on any atom is 0.104 e. The van der Waals surface area contributed by atoms with Gasteiger partial charge in [0.05, 0.1) is 5.69 Å². The van der Waals surface area contributed by atoms with E-state index in [1.54, 1.807) is 6.20 Å². The minimum atomic E-state index is 0. The van der Waals surface area contributed by atoms with Gasteiger partial charge in [-0.25, -0.2) is 0 Å². The van der Waals surface area contributed by atoms with E-state index in [0.29, 0.717) is 11.4 Å². The molecule has 0 atom stereocenters. The van der Waals surface area contributed by atoms with Gasteiger partial charge in [-0.2, -0.15) is 0 Å². The Morgan fingerprint density at radius 3 is 3.09 bits per heavy atom. The zero-order chi connectivity index (χ0) is 8.27. The summed E-state index contributed by atoms with van der Waals surface area (Å²) in [5.41, 5.74) is 7.93. The van der Waals surface area contributed by atoms with Crippen LogP contribution < -0.4 is 5.73 Å².